The van der Waals surface area contributed by atoms with Gasteiger partial charge >= 0.3 is 5.97 Å². The Labute approximate surface area is 135 Å². The number of carbonyl (C=O) groups is 1. The maximum Gasteiger partial charge on any atom is 0.346 e. The molecule has 2 rings (SSSR count). The molecule has 23 heavy (non-hydrogen) atoms. The summed E-state index contributed by atoms with van der Waals surface area (Å²) in [7, 11) is 0. The van der Waals surface area contributed by atoms with E-state index in [1.807, 2.05) is 24.3 Å². The summed E-state index contributed by atoms with van der Waals surface area (Å²) < 4.78 is 5.74. The Bertz CT molecular complexity index is 751. The zero-order valence-electron chi connectivity index (χ0n) is 13.0. The maximum atomic E-state index is 10.8. The molecular weight excluding hydrogens is 290 g/mol. The van der Waals surface area contributed by atoms with Crippen LogP contribution in [0.5, 0.6) is 11.5 Å². The molecule has 0 amide bonds. The molecule has 0 unspecified atom stereocenters. The van der Waals surface area contributed by atoms with Crippen molar-refractivity contribution in [2.75, 3.05) is 0 Å². The third-order valence-corrected chi connectivity index (χ3v) is 3.32. The van der Waals surface area contributed by atoms with Crippen LogP contribution in [0.2, 0.25) is 0 Å². The number of aliphatic carboxylic acids is 1. The van der Waals surface area contributed by atoms with Gasteiger partial charge < -0.3 is 9.84 Å². The number of hydrogen-bond donors (Lipinski definition) is 1. The molecule has 0 saturated heterocycles. The Hall–Kier alpha value is -3.06. The fourth-order valence-corrected chi connectivity index (χ4v) is 2.00. The molecule has 116 valence electrons. The van der Waals surface area contributed by atoms with Gasteiger partial charge in [0.2, 0.25) is 0 Å². The fraction of sp³-hybridized carbons (Fsp3) is 0.158. The first-order chi connectivity index (χ1) is 11.0. The minimum atomic E-state index is -1.24. The van der Waals surface area contributed by atoms with Gasteiger partial charge in [-0.2, -0.15) is 5.26 Å². The van der Waals surface area contributed by atoms with Gasteiger partial charge in [-0.3, -0.25) is 0 Å². The van der Waals surface area contributed by atoms with Crippen LogP contribution in [0.1, 0.15) is 30.9 Å². The lowest BCUT2D eigenvalue weighted by molar-refractivity contribution is -0.132. The molecule has 1 N–H and O–H groups in total. The van der Waals surface area contributed by atoms with E-state index in [-0.39, 0.29) is 5.57 Å². The van der Waals surface area contributed by atoms with Gasteiger partial charge in [0.05, 0.1) is 0 Å². The van der Waals surface area contributed by atoms with Crippen LogP contribution in [0.3, 0.4) is 0 Å². The molecule has 0 bridgehead atoms. The molecule has 0 aliphatic rings. The number of nitrogens with zero attached hydrogens (tertiary/aromatic N) is 1. The van der Waals surface area contributed by atoms with Crippen LogP contribution in [0.25, 0.3) is 6.08 Å². The highest BCUT2D eigenvalue weighted by molar-refractivity contribution is 5.96. The van der Waals surface area contributed by atoms with Crippen molar-refractivity contribution in [1.29, 1.82) is 5.26 Å². The summed E-state index contributed by atoms with van der Waals surface area (Å²) in [6.07, 6.45) is 1.32. The molecule has 2 aromatic rings. The predicted octanol–water partition coefficient (Wildman–Crippen LogP) is 4.59. The highest BCUT2D eigenvalue weighted by Gasteiger charge is 2.06. The number of ether oxygens (including phenoxy) is 1. The monoisotopic (exact) mass is 307 g/mol. The number of carboxylic acids is 1. The van der Waals surface area contributed by atoms with E-state index in [2.05, 4.69) is 13.8 Å². The summed E-state index contributed by atoms with van der Waals surface area (Å²) in [6.45, 7) is 4.27. The summed E-state index contributed by atoms with van der Waals surface area (Å²) in [5.74, 6) is 0.617. The van der Waals surface area contributed by atoms with Gasteiger partial charge in [0.1, 0.15) is 23.1 Å². The van der Waals surface area contributed by atoms with Gasteiger partial charge in [0, 0.05) is 0 Å². The van der Waals surface area contributed by atoms with Gasteiger partial charge in [-0.05, 0) is 47.4 Å². The lowest BCUT2D eigenvalue weighted by Gasteiger charge is -2.08. The molecule has 0 fully saturated rings. The number of carboxylic acid groups (broad SMARTS) is 1. The number of rotatable bonds is 5. The first-order valence-corrected chi connectivity index (χ1v) is 7.22. The minimum absolute atomic E-state index is 0.303. The Kier molecular flexibility index (Phi) is 5.16. The number of hydrogen-bond acceptors (Lipinski definition) is 3. The van der Waals surface area contributed by atoms with Crippen molar-refractivity contribution in [3.05, 3.63) is 65.2 Å². The molecule has 4 heteroatoms. The second-order valence-corrected chi connectivity index (χ2v) is 5.37. The molecule has 0 spiro atoms. The quantitative estimate of drug-likeness (QED) is 0.647. The summed E-state index contributed by atoms with van der Waals surface area (Å²) in [6, 6.07) is 16.4. The largest absolute Gasteiger partial charge is 0.477 e. The van der Waals surface area contributed by atoms with Crippen molar-refractivity contribution in [2.45, 2.75) is 19.8 Å². The molecule has 0 aromatic heterocycles. The average Bonchev–Trinajstić information content (AvgIpc) is 2.54. The SMILES string of the molecule is CC(C)c1ccc(Oc2ccc(C=C(C#N)C(=O)O)cc2)cc1. The van der Waals surface area contributed by atoms with Crippen molar-refractivity contribution in [1.82, 2.24) is 0 Å². The van der Waals surface area contributed by atoms with E-state index in [1.54, 1.807) is 30.3 Å². The molecule has 0 heterocycles. The van der Waals surface area contributed by atoms with Gasteiger partial charge in [-0.25, -0.2) is 4.79 Å². The highest BCUT2D eigenvalue weighted by Crippen LogP contribution is 2.24. The summed E-state index contributed by atoms with van der Waals surface area (Å²) in [5.41, 5.74) is 1.57. The third kappa shape index (κ3) is 4.45. The zero-order chi connectivity index (χ0) is 16.8. The van der Waals surface area contributed by atoms with Crippen LogP contribution >= 0.6 is 0 Å². The van der Waals surface area contributed by atoms with Crippen molar-refractivity contribution in [3.8, 4) is 17.6 Å². The van der Waals surface area contributed by atoms with Gasteiger partial charge in [-0.15, -0.1) is 0 Å². The first-order valence-electron chi connectivity index (χ1n) is 7.22. The molecule has 0 radical (unpaired) electrons. The van der Waals surface area contributed by atoms with E-state index in [0.29, 0.717) is 17.2 Å². The lowest BCUT2D eigenvalue weighted by Crippen LogP contribution is -1.97. The van der Waals surface area contributed by atoms with Crippen molar-refractivity contribution >= 4 is 12.0 Å². The number of benzene rings is 2. The van der Waals surface area contributed by atoms with Crippen molar-refractivity contribution in [3.63, 3.8) is 0 Å². The van der Waals surface area contributed by atoms with Gasteiger partial charge in [0.15, 0.2) is 0 Å². The van der Waals surface area contributed by atoms with Crippen LogP contribution < -0.4 is 4.74 Å². The van der Waals surface area contributed by atoms with Crippen LogP contribution in [0, 0.1) is 11.3 Å². The molecule has 0 saturated carbocycles. The summed E-state index contributed by atoms with van der Waals surface area (Å²) in [5, 5.41) is 17.6. The fourth-order valence-electron chi connectivity index (χ4n) is 2.00. The van der Waals surface area contributed by atoms with E-state index >= 15 is 0 Å². The van der Waals surface area contributed by atoms with Crippen LogP contribution in [-0.2, 0) is 4.79 Å². The average molecular weight is 307 g/mol. The molecular formula is C19H17NO3. The first kappa shape index (κ1) is 16.3. The minimum Gasteiger partial charge on any atom is -0.477 e. The molecule has 4 nitrogen and oxygen atoms in total. The van der Waals surface area contributed by atoms with Crippen LogP contribution in [-0.4, -0.2) is 11.1 Å². The highest BCUT2D eigenvalue weighted by atomic mass is 16.5. The topological polar surface area (TPSA) is 70.3 Å². The lowest BCUT2D eigenvalue weighted by atomic mass is 10.0. The Morgan fingerprint density at radius 3 is 2.04 bits per heavy atom. The van der Waals surface area contributed by atoms with Gasteiger partial charge in [-0.1, -0.05) is 38.1 Å². The van der Waals surface area contributed by atoms with E-state index in [9.17, 15) is 4.79 Å². The van der Waals surface area contributed by atoms with E-state index in [4.69, 9.17) is 15.1 Å². The second-order valence-electron chi connectivity index (χ2n) is 5.37. The van der Waals surface area contributed by atoms with Crippen LogP contribution in [0.4, 0.5) is 0 Å². The van der Waals surface area contributed by atoms with Crippen molar-refractivity contribution < 1.29 is 14.6 Å². The predicted molar refractivity (Wildman–Crippen MR) is 88.3 cm³/mol. The summed E-state index contributed by atoms with van der Waals surface area (Å²) >= 11 is 0. The Morgan fingerprint density at radius 1 is 1.09 bits per heavy atom. The molecule has 2 aromatic carbocycles. The normalized spacial score (nSPS) is 11.1. The van der Waals surface area contributed by atoms with E-state index in [0.717, 1.165) is 5.75 Å². The summed E-state index contributed by atoms with van der Waals surface area (Å²) in [4.78, 5) is 10.8. The van der Waals surface area contributed by atoms with Crippen LogP contribution in [0.15, 0.2) is 54.1 Å². The number of nitriles is 1. The zero-order valence-corrected chi connectivity index (χ0v) is 13.0. The van der Waals surface area contributed by atoms with Gasteiger partial charge in [0.25, 0.3) is 0 Å². The smallest absolute Gasteiger partial charge is 0.346 e. The molecule has 0 aliphatic heterocycles. The Balaban J connectivity index is 2.11. The molecule has 0 atom stereocenters. The maximum absolute atomic E-state index is 10.8. The third-order valence-electron chi connectivity index (χ3n) is 3.32. The molecule has 0 aliphatic carbocycles. The van der Waals surface area contributed by atoms with Crippen molar-refractivity contribution in [2.24, 2.45) is 0 Å². The second kappa shape index (κ2) is 7.28. The van der Waals surface area contributed by atoms with E-state index < -0.39 is 5.97 Å². The van der Waals surface area contributed by atoms with E-state index in [1.165, 1.54) is 11.6 Å². The Morgan fingerprint density at radius 2 is 1.61 bits per heavy atom. The standard InChI is InChI=1S/C19H17NO3/c1-13(2)15-5-9-18(10-6-15)23-17-7-3-14(4-8-17)11-16(12-20)19(21)22/h3-11,13H,1-2H3,(H,21,22).